The van der Waals surface area contributed by atoms with Crippen molar-refractivity contribution in [2.24, 2.45) is 0 Å². The third kappa shape index (κ3) is 4.56. The Balaban J connectivity index is 1.93. The van der Waals surface area contributed by atoms with E-state index in [1.54, 1.807) is 0 Å². The van der Waals surface area contributed by atoms with Gasteiger partial charge >= 0.3 is 0 Å². The first kappa shape index (κ1) is 18.0. The molecule has 1 aliphatic heterocycles. The number of carbonyl (C=O) groups is 1. The summed E-state index contributed by atoms with van der Waals surface area (Å²) in [6.45, 7) is 2.40. The topological polar surface area (TPSA) is 81.7 Å². The molecule has 10 heteroatoms. The van der Waals surface area contributed by atoms with Crippen LogP contribution in [0.4, 0.5) is 0 Å². The van der Waals surface area contributed by atoms with Gasteiger partial charge in [0.2, 0.25) is 0 Å². The summed E-state index contributed by atoms with van der Waals surface area (Å²) >= 11 is 12.4. The lowest BCUT2D eigenvalue weighted by atomic mass is 10.2. The van der Waals surface area contributed by atoms with Gasteiger partial charge in [0.15, 0.2) is 0 Å². The normalized spacial score (nSPS) is 20.0. The van der Waals surface area contributed by atoms with Crippen molar-refractivity contribution in [3.8, 4) is 0 Å². The average Bonchev–Trinajstić information content (AvgIpc) is 3.05. The second kappa shape index (κ2) is 7.46. The molecule has 0 spiro atoms. The molecule has 0 radical (unpaired) electrons. The Kier molecular flexibility index (Phi) is 6.09. The summed E-state index contributed by atoms with van der Waals surface area (Å²) in [5.41, 5.74) is 0. The van der Waals surface area contributed by atoms with E-state index in [9.17, 15) is 13.2 Å². The molecule has 1 aliphatic rings. The van der Waals surface area contributed by atoms with Crippen LogP contribution < -0.4 is 4.72 Å². The molecule has 22 heavy (non-hydrogen) atoms. The van der Waals surface area contributed by atoms with Gasteiger partial charge in [0.25, 0.3) is 15.9 Å². The van der Waals surface area contributed by atoms with Crippen LogP contribution in [0.5, 0.6) is 0 Å². The Morgan fingerprint density at radius 2 is 2.32 bits per heavy atom. The fraction of sp³-hybridized carbons (Fsp3) is 0.583. The number of sulfonamides is 1. The predicted octanol–water partition coefficient (Wildman–Crippen LogP) is 2.44. The average molecular weight is 388 g/mol. The van der Waals surface area contributed by atoms with Gasteiger partial charge in [0.05, 0.1) is 17.0 Å². The monoisotopic (exact) mass is 387 g/mol. The molecule has 1 aromatic rings. The standard InChI is InChI=1S/C12H15Cl2NO5S2/c1-7(20-6-8-3-2-4-19-8)12(16)15-22(17,18)9-5-10(13)21-11(9)14/h5,7-8H,2-4,6H2,1H3,(H,15,16). The van der Waals surface area contributed by atoms with Crippen LogP contribution in [0.15, 0.2) is 11.0 Å². The lowest BCUT2D eigenvalue weighted by Crippen LogP contribution is -2.39. The van der Waals surface area contributed by atoms with E-state index in [1.165, 1.54) is 13.0 Å². The fourth-order valence-electron chi connectivity index (χ4n) is 1.88. The summed E-state index contributed by atoms with van der Waals surface area (Å²) in [5.74, 6) is -0.767. The van der Waals surface area contributed by atoms with E-state index in [2.05, 4.69) is 0 Å². The minimum atomic E-state index is -4.07. The number of thiophene rings is 1. The van der Waals surface area contributed by atoms with Gasteiger partial charge in [-0.25, -0.2) is 13.1 Å². The van der Waals surface area contributed by atoms with Crippen molar-refractivity contribution >= 4 is 50.5 Å². The summed E-state index contributed by atoms with van der Waals surface area (Å²) in [5, 5.41) is 0. The van der Waals surface area contributed by atoms with E-state index < -0.39 is 22.0 Å². The molecule has 6 nitrogen and oxygen atoms in total. The van der Waals surface area contributed by atoms with Crippen molar-refractivity contribution in [1.82, 2.24) is 4.72 Å². The molecule has 1 amide bonds. The number of hydrogen-bond donors (Lipinski definition) is 1. The van der Waals surface area contributed by atoms with Crippen molar-refractivity contribution < 1.29 is 22.7 Å². The maximum absolute atomic E-state index is 12.1. The molecule has 0 saturated carbocycles. The van der Waals surface area contributed by atoms with E-state index in [0.717, 1.165) is 24.2 Å². The maximum atomic E-state index is 12.1. The zero-order chi connectivity index (χ0) is 16.3. The molecule has 124 valence electrons. The molecule has 2 atom stereocenters. The molecule has 2 heterocycles. The minimum absolute atomic E-state index is 0.00164. The highest BCUT2D eigenvalue weighted by Crippen LogP contribution is 2.34. The van der Waals surface area contributed by atoms with Crippen LogP contribution >= 0.6 is 34.5 Å². The van der Waals surface area contributed by atoms with Gasteiger partial charge in [-0.1, -0.05) is 23.2 Å². The quantitative estimate of drug-likeness (QED) is 0.810. The van der Waals surface area contributed by atoms with Crippen molar-refractivity contribution in [2.75, 3.05) is 13.2 Å². The molecule has 2 unspecified atom stereocenters. The molecule has 2 rings (SSSR count). The van der Waals surface area contributed by atoms with Gasteiger partial charge in [-0.15, -0.1) is 11.3 Å². The SMILES string of the molecule is CC(OCC1CCCO1)C(=O)NS(=O)(=O)c1cc(Cl)sc1Cl. The highest BCUT2D eigenvalue weighted by molar-refractivity contribution is 7.90. The molecule has 1 N–H and O–H groups in total. The number of ether oxygens (including phenoxy) is 2. The lowest BCUT2D eigenvalue weighted by molar-refractivity contribution is -0.131. The number of nitrogens with one attached hydrogen (secondary N) is 1. The number of hydrogen-bond acceptors (Lipinski definition) is 6. The number of rotatable bonds is 6. The van der Waals surface area contributed by atoms with E-state index >= 15 is 0 Å². The van der Waals surface area contributed by atoms with Crippen molar-refractivity contribution in [3.63, 3.8) is 0 Å². The first-order chi connectivity index (χ1) is 10.3. The number of halogens is 2. The third-order valence-corrected chi connectivity index (χ3v) is 6.17. The van der Waals surface area contributed by atoms with Crippen LogP contribution in [0.25, 0.3) is 0 Å². The Labute approximate surface area is 142 Å². The molecule has 1 aromatic heterocycles. The third-order valence-electron chi connectivity index (χ3n) is 3.08. The summed E-state index contributed by atoms with van der Waals surface area (Å²) in [6.07, 6.45) is 0.861. The molecular formula is C12H15Cl2NO5S2. The first-order valence-electron chi connectivity index (χ1n) is 6.54. The van der Waals surface area contributed by atoms with Crippen LogP contribution in [0.3, 0.4) is 0 Å². The summed E-state index contributed by atoms with van der Waals surface area (Å²) in [7, 11) is -4.07. The number of carbonyl (C=O) groups excluding carboxylic acids is 1. The van der Waals surface area contributed by atoms with Crippen LogP contribution in [-0.4, -0.2) is 39.7 Å². The van der Waals surface area contributed by atoms with Crippen LogP contribution in [0.1, 0.15) is 19.8 Å². The molecule has 0 aromatic carbocycles. The van der Waals surface area contributed by atoms with Gasteiger partial charge in [-0.05, 0) is 25.8 Å². The van der Waals surface area contributed by atoms with E-state index in [0.29, 0.717) is 6.61 Å². The minimum Gasteiger partial charge on any atom is -0.376 e. The second-order valence-electron chi connectivity index (χ2n) is 4.77. The summed E-state index contributed by atoms with van der Waals surface area (Å²) in [6, 6.07) is 1.20. The largest absolute Gasteiger partial charge is 0.376 e. The molecule has 0 bridgehead atoms. The van der Waals surface area contributed by atoms with Crippen molar-refractivity contribution in [1.29, 1.82) is 0 Å². The van der Waals surface area contributed by atoms with Crippen LogP contribution in [-0.2, 0) is 24.3 Å². The van der Waals surface area contributed by atoms with Crippen LogP contribution in [0.2, 0.25) is 8.67 Å². The highest BCUT2D eigenvalue weighted by Gasteiger charge is 2.27. The van der Waals surface area contributed by atoms with Crippen molar-refractivity contribution in [3.05, 3.63) is 14.7 Å². The molecule has 0 aliphatic carbocycles. The maximum Gasteiger partial charge on any atom is 0.266 e. The van der Waals surface area contributed by atoms with E-state index in [4.69, 9.17) is 32.7 Å². The van der Waals surface area contributed by atoms with E-state index in [1.807, 2.05) is 4.72 Å². The zero-order valence-corrected chi connectivity index (χ0v) is 14.8. The van der Waals surface area contributed by atoms with Gasteiger partial charge in [0.1, 0.15) is 15.3 Å². The molecular weight excluding hydrogens is 373 g/mol. The Hall–Kier alpha value is -0.380. The Bertz CT molecular complexity index is 640. The second-order valence-corrected chi connectivity index (χ2v) is 8.71. The Morgan fingerprint density at radius 3 is 2.86 bits per heavy atom. The summed E-state index contributed by atoms with van der Waals surface area (Å²) < 4.78 is 37.1. The molecule has 1 fully saturated rings. The van der Waals surface area contributed by atoms with Gasteiger partial charge in [-0.2, -0.15) is 0 Å². The van der Waals surface area contributed by atoms with E-state index in [-0.39, 0.29) is 26.3 Å². The smallest absolute Gasteiger partial charge is 0.266 e. The summed E-state index contributed by atoms with van der Waals surface area (Å²) in [4.78, 5) is 11.7. The first-order valence-corrected chi connectivity index (χ1v) is 9.60. The van der Waals surface area contributed by atoms with Gasteiger partial charge < -0.3 is 9.47 Å². The fourth-order valence-corrected chi connectivity index (χ4v) is 5.08. The zero-order valence-electron chi connectivity index (χ0n) is 11.7. The van der Waals surface area contributed by atoms with Gasteiger partial charge in [-0.3, -0.25) is 4.79 Å². The predicted molar refractivity (Wildman–Crippen MR) is 84.1 cm³/mol. The molecule has 1 saturated heterocycles. The number of amides is 1. The highest BCUT2D eigenvalue weighted by atomic mass is 35.5. The van der Waals surface area contributed by atoms with Gasteiger partial charge in [0, 0.05) is 6.61 Å². The Morgan fingerprint density at radius 1 is 1.59 bits per heavy atom. The van der Waals surface area contributed by atoms with Crippen LogP contribution in [0, 0.1) is 0 Å². The lowest BCUT2D eigenvalue weighted by Gasteiger charge is -2.16. The van der Waals surface area contributed by atoms with Crippen molar-refractivity contribution in [2.45, 2.75) is 36.9 Å².